The summed E-state index contributed by atoms with van der Waals surface area (Å²) in [6.07, 6.45) is 7.18. The van der Waals surface area contributed by atoms with E-state index >= 15 is 0 Å². The van der Waals surface area contributed by atoms with E-state index in [1.807, 2.05) is 4.68 Å². The standard InChI is InChI=1S/C20H29N3O2S/c1-19(2,3)23-17(15-10-26(25)11-16(15)22-23)21-18(24)20-7-12-4-13(8-20)6-14(5-12)9-20/h12-14H,4-11H2,1-3H3,(H,21,24). The van der Waals surface area contributed by atoms with Crippen molar-refractivity contribution in [2.45, 2.75) is 76.3 Å². The number of amides is 1. The first-order chi connectivity index (χ1) is 12.2. The number of rotatable bonds is 2. The molecule has 1 aliphatic heterocycles. The summed E-state index contributed by atoms with van der Waals surface area (Å²) >= 11 is 0. The zero-order chi connectivity index (χ0) is 18.3. The van der Waals surface area contributed by atoms with Crippen LogP contribution in [0, 0.1) is 23.2 Å². The number of carbonyl (C=O) groups is 1. The fourth-order valence-electron chi connectivity index (χ4n) is 6.37. The number of hydrogen-bond donors (Lipinski definition) is 1. The SMILES string of the molecule is CC(C)(C)n1nc2c(c1NC(=O)C13CC4CC(CC(C4)C1)C3)CS(=O)C2. The van der Waals surface area contributed by atoms with Crippen LogP contribution in [0.2, 0.25) is 0 Å². The molecule has 0 radical (unpaired) electrons. The second-order valence-corrected chi connectivity index (χ2v) is 11.7. The molecule has 1 unspecified atom stereocenters. The van der Waals surface area contributed by atoms with Crippen molar-refractivity contribution in [1.29, 1.82) is 0 Å². The molecular weight excluding hydrogens is 346 g/mol. The monoisotopic (exact) mass is 375 g/mol. The molecule has 142 valence electrons. The average molecular weight is 376 g/mol. The van der Waals surface area contributed by atoms with Gasteiger partial charge in [-0.25, -0.2) is 4.68 Å². The average Bonchev–Trinajstić information content (AvgIpc) is 3.03. The van der Waals surface area contributed by atoms with Crippen LogP contribution in [-0.4, -0.2) is 19.9 Å². The van der Waals surface area contributed by atoms with Gasteiger partial charge in [0.25, 0.3) is 0 Å². The van der Waals surface area contributed by atoms with Crippen LogP contribution in [0.4, 0.5) is 5.82 Å². The van der Waals surface area contributed by atoms with Crippen molar-refractivity contribution >= 4 is 22.5 Å². The van der Waals surface area contributed by atoms with Crippen molar-refractivity contribution in [2.75, 3.05) is 5.32 Å². The van der Waals surface area contributed by atoms with E-state index in [1.54, 1.807) is 0 Å². The Balaban J connectivity index is 1.48. The zero-order valence-corrected chi connectivity index (χ0v) is 16.8. The Labute approximate surface area is 157 Å². The van der Waals surface area contributed by atoms with E-state index in [4.69, 9.17) is 5.10 Å². The first-order valence-electron chi connectivity index (χ1n) is 10.0. The minimum Gasteiger partial charge on any atom is -0.310 e. The number of hydrogen-bond acceptors (Lipinski definition) is 3. The van der Waals surface area contributed by atoms with Gasteiger partial charge in [-0.3, -0.25) is 9.00 Å². The molecule has 4 bridgehead atoms. The predicted octanol–water partition coefficient (Wildman–Crippen LogP) is 3.56. The molecule has 1 atom stereocenters. The van der Waals surface area contributed by atoms with E-state index in [-0.39, 0.29) is 16.9 Å². The van der Waals surface area contributed by atoms with Crippen molar-refractivity contribution in [3.05, 3.63) is 11.3 Å². The molecule has 6 rings (SSSR count). The van der Waals surface area contributed by atoms with Gasteiger partial charge in [-0.2, -0.15) is 5.10 Å². The Hall–Kier alpha value is -1.17. The second kappa shape index (κ2) is 5.43. The molecule has 4 fully saturated rings. The van der Waals surface area contributed by atoms with E-state index in [9.17, 15) is 9.00 Å². The van der Waals surface area contributed by atoms with Crippen LogP contribution >= 0.6 is 0 Å². The molecule has 0 saturated heterocycles. The fourth-order valence-corrected chi connectivity index (χ4v) is 7.63. The summed E-state index contributed by atoms with van der Waals surface area (Å²) in [6, 6.07) is 0. The van der Waals surface area contributed by atoms with Gasteiger partial charge in [0.2, 0.25) is 5.91 Å². The molecule has 0 aromatic carbocycles. The van der Waals surface area contributed by atoms with Crippen LogP contribution in [0.15, 0.2) is 0 Å². The highest BCUT2D eigenvalue weighted by atomic mass is 32.2. The van der Waals surface area contributed by atoms with Gasteiger partial charge in [0.15, 0.2) is 0 Å². The van der Waals surface area contributed by atoms with Gasteiger partial charge in [0, 0.05) is 16.4 Å². The molecule has 1 N–H and O–H groups in total. The maximum atomic E-state index is 13.5. The molecule has 5 aliphatic rings. The molecular formula is C20H29N3O2S. The summed E-state index contributed by atoms with van der Waals surface area (Å²) in [6.45, 7) is 6.31. The van der Waals surface area contributed by atoms with Crippen LogP contribution in [0.3, 0.4) is 0 Å². The quantitative estimate of drug-likeness (QED) is 0.860. The summed E-state index contributed by atoms with van der Waals surface area (Å²) in [5, 5.41) is 8.02. The molecule has 6 heteroatoms. The molecule has 1 amide bonds. The Morgan fingerprint density at radius 3 is 2.23 bits per heavy atom. The molecule has 5 nitrogen and oxygen atoms in total. The minimum absolute atomic E-state index is 0.174. The van der Waals surface area contributed by atoms with Crippen LogP contribution in [0.1, 0.15) is 70.6 Å². The lowest BCUT2D eigenvalue weighted by molar-refractivity contribution is -0.140. The maximum Gasteiger partial charge on any atom is 0.231 e. The zero-order valence-electron chi connectivity index (χ0n) is 16.0. The highest BCUT2D eigenvalue weighted by molar-refractivity contribution is 7.83. The Kier molecular flexibility index (Phi) is 3.54. The van der Waals surface area contributed by atoms with E-state index in [1.165, 1.54) is 19.3 Å². The van der Waals surface area contributed by atoms with Crippen molar-refractivity contribution in [3.63, 3.8) is 0 Å². The summed E-state index contributed by atoms with van der Waals surface area (Å²) in [5.41, 5.74) is 1.51. The lowest BCUT2D eigenvalue weighted by Crippen LogP contribution is -2.52. The lowest BCUT2D eigenvalue weighted by Gasteiger charge is -2.55. The topological polar surface area (TPSA) is 64.0 Å². The number of anilines is 1. The first-order valence-corrected chi connectivity index (χ1v) is 11.5. The van der Waals surface area contributed by atoms with Crippen molar-refractivity contribution in [1.82, 2.24) is 9.78 Å². The molecule has 0 spiro atoms. The fraction of sp³-hybridized carbons (Fsp3) is 0.800. The van der Waals surface area contributed by atoms with Gasteiger partial charge >= 0.3 is 0 Å². The Morgan fingerprint density at radius 2 is 1.69 bits per heavy atom. The van der Waals surface area contributed by atoms with Gasteiger partial charge in [-0.15, -0.1) is 0 Å². The molecule has 1 aromatic heterocycles. The summed E-state index contributed by atoms with van der Waals surface area (Å²) in [4.78, 5) is 13.5. The molecule has 2 heterocycles. The van der Waals surface area contributed by atoms with Crippen molar-refractivity contribution in [3.8, 4) is 0 Å². The van der Waals surface area contributed by atoms with E-state index in [0.29, 0.717) is 11.5 Å². The minimum atomic E-state index is -0.886. The van der Waals surface area contributed by atoms with E-state index in [2.05, 4.69) is 26.1 Å². The van der Waals surface area contributed by atoms with E-state index < -0.39 is 10.8 Å². The Bertz CT molecular complexity index is 769. The number of aromatic nitrogens is 2. The maximum absolute atomic E-state index is 13.5. The molecule has 4 saturated carbocycles. The molecule has 26 heavy (non-hydrogen) atoms. The van der Waals surface area contributed by atoms with Crippen molar-refractivity contribution in [2.24, 2.45) is 23.2 Å². The van der Waals surface area contributed by atoms with Gasteiger partial charge < -0.3 is 5.32 Å². The highest BCUT2D eigenvalue weighted by Gasteiger charge is 2.55. The molecule has 1 aromatic rings. The van der Waals surface area contributed by atoms with Crippen LogP contribution < -0.4 is 5.32 Å². The van der Waals surface area contributed by atoms with Gasteiger partial charge in [0.05, 0.1) is 28.2 Å². The van der Waals surface area contributed by atoms with Crippen LogP contribution in [0.25, 0.3) is 0 Å². The largest absolute Gasteiger partial charge is 0.310 e. The summed E-state index contributed by atoms with van der Waals surface area (Å²) in [7, 11) is -0.886. The number of nitrogens with one attached hydrogen (secondary N) is 1. The Morgan fingerprint density at radius 1 is 1.12 bits per heavy atom. The van der Waals surface area contributed by atoms with Gasteiger partial charge in [0.1, 0.15) is 5.82 Å². The van der Waals surface area contributed by atoms with Crippen LogP contribution in [0.5, 0.6) is 0 Å². The first kappa shape index (κ1) is 17.0. The van der Waals surface area contributed by atoms with Gasteiger partial charge in [-0.05, 0) is 77.0 Å². The lowest BCUT2D eigenvalue weighted by atomic mass is 9.49. The number of carbonyl (C=O) groups excluding carboxylic acids is 1. The smallest absolute Gasteiger partial charge is 0.231 e. The number of nitrogens with zero attached hydrogens (tertiary/aromatic N) is 2. The predicted molar refractivity (Wildman–Crippen MR) is 102 cm³/mol. The van der Waals surface area contributed by atoms with Gasteiger partial charge in [-0.1, -0.05) is 0 Å². The third kappa shape index (κ3) is 2.51. The normalized spacial score (nSPS) is 37.8. The highest BCUT2D eigenvalue weighted by Crippen LogP contribution is 2.60. The summed E-state index contributed by atoms with van der Waals surface area (Å²) in [5.74, 6) is 4.27. The summed E-state index contributed by atoms with van der Waals surface area (Å²) < 4.78 is 14.0. The third-order valence-corrected chi connectivity index (χ3v) is 8.26. The number of fused-ring (bicyclic) bond motifs is 1. The molecule has 4 aliphatic carbocycles. The third-order valence-electron chi connectivity index (χ3n) is 7.06. The van der Waals surface area contributed by atoms with Crippen LogP contribution in [-0.2, 0) is 32.6 Å². The second-order valence-electron chi connectivity index (χ2n) is 10.2. The van der Waals surface area contributed by atoms with Crippen molar-refractivity contribution < 1.29 is 9.00 Å². The van der Waals surface area contributed by atoms with E-state index in [0.717, 1.165) is 54.1 Å².